The Morgan fingerprint density at radius 2 is 2.20 bits per heavy atom. The van der Waals surface area contributed by atoms with Crippen LogP contribution in [0.3, 0.4) is 0 Å². The average Bonchev–Trinajstić information content (AvgIpc) is 2.69. The highest BCUT2D eigenvalue weighted by atomic mass is 16.3. The summed E-state index contributed by atoms with van der Waals surface area (Å²) in [5.74, 6) is 0.422. The molecule has 1 aromatic carbocycles. The molecule has 25 heavy (non-hydrogen) atoms. The van der Waals surface area contributed by atoms with Crippen molar-refractivity contribution < 1.29 is 9.90 Å². The summed E-state index contributed by atoms with van der Waals surface area (Å²) in [5, 5.41) is 13.3. The number of carbonyl (C=O) groups is 1. The van der Waals surface area contributed by atoms with Gasteiger partial charge >= 0.3 is 6.03 Å². The third-order valence-corrected chi connectivity index (χ3v) is 4.50. The number of hydrogen-bond donors (Lipinski definition) is 3. The molecule has 7 nitrogen and oxygen atoms in total. The van der Waals surface area contributed by atoms with Crippen molar-refractivity contribution in [3.8, 4) is 0 Å². The van der Waals surface area contributed by atoms with Crippen LogP contribution in [0.5, 0.6) is 0 Å². The van der Waals surface area contributed by atoms with E-state index in [-0.39, 0.29) is 29.7 Å². The lowest BCUT2D eigenvalue weighted by Gasteiger charge is -2.29. The molecule has 0 aliphatic carbocycles. The first-order chi connectivity index (χ1) is 11.8. The van der Waals surface area contributed by atoms with Crippen molar-refractivity contribution >= 4 is 16.9 Å². The largest absolute Gasteiger partial charge is 0.393 e. The van der Waals surface area contributed by atoms with Crippen LogP contribution in [0.2, 0.25) is 0 Å². The van der Waals surface area contributed by atoms with E-state index in [9.17, 15) is 14.7 Å². The highest BCUT2D eigenvalue weighted by Crippen LogP contribution is 2.28. The summed E-state index contributed by atoms with van der Waals surface area (Å²) >= 11 is 0. The van der Waals surface area contributed by atoms with Gasteiger partial charge in [0.15, 0.2) is 0 Å². The molecule has 0 saturated carbocycles. The van der Waals surface area contributed by atoms with E-state index in [1.807, 2.05) is 19.9 Å². The molecule has 1 saturated heterocycles. The molecular formula is C18H24N4O3. The summed E-state index contributed by atoms with van der Waals surface area (Å²) in [7, 11) is 0. The van der Waals surface area contributed by atoms with Gasteiger partial charge in [-0.2, -0.15) is 0 Å². The average molecular weight is 344 g/mol. The van der Waals surface area contributed by atoms with Crippen LogP contribution in [0.4, 0.5) is 4.79 Å². The molecule has 0 spiro atoms. The van der Waals surface area contributed by atoms with E-state index >= 15 is 0 Å². The number of fused-ring (bicyclic) bond motifs is 1. The number of nitrogens with one attached hydrogen (secondary N) is 2. The summed E-state index contributed by atoms with van der Waals surface area (Å²) in [6.07, 6.45) is 0.865. The van der Waals surface area contributed by atoms with Crippen molar-refractivity contribution in [2.75, 3.05) is 13.1 Å². The van der Waals surface area contributed by atoms with Crippen LogP contribution in [-0.2, 0) is 6.54 Å². The number of rotatable bonds is 2. The molecule has 0 radical (unpaired) electrons. The van der Waals surface area contributed by atoms with Crippen molar-refractivity contribution in [2.24, 2.45) is 5.41 Å². The predicted octanol–water partition coefficient (Wildman–Crippen LogP) is 1.62. The van der Waals surface area contributed by atoms with Crippen molar-refractivity contribution in [2.45, 2.75) is 39.3 Å². The Kier molecular flexibility index (Phi) is 4.76. The van der Waals surface area contributed by atoms with Crippen LogP contribution >= 0.6 is 0 Å². The predicted molar refractivity (Wildman–Crippen MR) is 95.2 cm³/mol. The number of benzene rings is 1. The van der Waals surface area contributed by atoms with E-state index in [4.69, 9.17) is 0 Å². The van der Waals surface area contributed by atoms with Gasteiger partial charge in [-0.25, -0.2) is 9.78 Å². The van der Waals surface area contributed by atoms with Crippen molar-refractivity contribution in [3.05, 3.63) is 40.4 Å². The van der Waals surface area contributed by atoms with E-state index in [0.717, 1.165) is 0 Å². The molecule has 1 fully saturated rings. The normalized spacial score (nSPS) is 20.3. The molecule has 3 N–H and O–H groups in total. The number of urea groups is 1. The minimum Gasteiger partial charge on any atom is -0.393 e. The number of aliphatic hydroxyl groups excluding tert-OH is 1. The molecule has 3 rings (SSSR count). The fraction of sp³-hybridized carbons (Fsp3) is 0.500. The first-order valence-electron chi connectivity index (χ1n) is 8.53. The lowest BCUT2D eigenvalue weighted by Crippen LogP contribution is -2.43. The lowest BCUT2D eigenvalue weighted by atomic mass is 9.87. The number of carbonyl (C=O) groups excluding carboxylic acids is 1. The van der Waals surface area contributed by atoms with Crippen LogP contribution in [0.15, 0.2) is 29.1 Å². The number of aromatic nitrogens is 2. The van der Waals surface area contributed by atoms with Gasteiger partial charge in [-0.05, 0) is 30.4 Å². The first kappa shape index (κ1) is 17.4. The van der Waals surface area contributed by atoms with Gasteiger partial charge in [0.05, 0.1) is 23.6 Å². The number of nitrogens with zero attached hydrogens (tertiary/aromatic N) is 2. The molecule has 2 aromatic rings. The summed E-state index contributed by atoms with van der Waals surface area (Å²) in [6, 6.07) is 6.89. The number of para-hydroxylation sites is 1. The zero-order chi connectivity index (χ0) is 18.0. The fourth-order valence-electron chi connectivity index (χ4n) is 3.37. The third kappa shape index (κ3) is 4.17. The minimum atomic E-state index is -0.383. The highest BCUT2D eigenvalue weighted by Gasteiger charge is 2.31. The quantitative estimate of drug-likeness (QED) is 0.771. The van der Waals surface area contributed by atoms with Crippen LogP contribution in [0.25, 0.3) is 10.9 Å². The lowest BCUT2D eigenvalue weighted by molar-refractivity contribution is 0.121. The van der Waals surface area contributed by atoms with E-state index in [0.29, 0.717) is 42.7 Å². The molecule has 2 amide bonds. The molecule has 1 aliphatic rings. The second-order valence-corrected chi connectivity index (χ2v) is 7.42. The summed E-state index contributed by atoms with van der Waals surface area (Å²) in [5.41, 5.74) is 0.256. The molecule has 1 aromatic heterocycles. The zero-order valence-corrected chi connectivity index (χ0v) is 14.6. The van der Waals surface area contributed by atoms with Gasteiger partial charge in [-0.15, -0.1) is 0 Å². The molecular weight excluding hydrogens is 320 g/mol. The molecule has 1 atom stereocenters. The van der Waals surface area contributed by atoms with Crippen LogP contribution < -0.4 is 10.9 Å². The fourth-order valence-corrected chi connectivity index (χ4v) is 3.37. The number of aliphatic hydroxyl groups is 1. The summed E-state index contributed by atoms with van der Waals surface area (Å²) in [4.78, 5) is 33.4. The molecule has 1 aliphatic heterocycles. The van der Waals surface area contributed by atoms with Crippen molar-refractivity contribution in [3.63, 3.8) is 0 Å². The van der Waals surface area contributed by atoms with E-state index < -0.39 is 0 Å². The Balaban J connectivity index is 1.69. The van der Waals surface area contributed by atoms with Crippen molar-refractivity contribution in [1.82, 2.24) is 20.2 Å². The monoisotopic (exact) mass is 344 g/mol. The Labute approximate surface area is 146 Å². The smallest absolute Gasteiger partial charge is 0.317 e. The number of aromatic amines is 1. The zero-order valence-electron chi connectivity index (χ0n) is 14.6. The van der Waals surface area contributed by atoms with Gasteiger partial charge in [0.2, 0.25) is 0 Å². The van der Waals surface area contributed by atoms with E-state index in [2.05, 4.69) is 15.3 Å². The number of H-pyrrole nitrogens is 1. The maximum Gasteiger partial charge on any atom is 0.317 e. The topological polar surface area (TPSA) is 98.3 Å². The second kappa shape index (κ2) is 6.84. The third-order valence-electron chi connectivity index (χ3n) is 4.50. The van der Waals surface area contributed by atoms with Gasteiger partial charge in [-0.3, -0.25) is 4.79 Å². The number of hydrogen-bond acceptors (Lipinski definition) is 4. The summed E-state index contributed by atoms with van der Waals surface area (Å²) in [6.45, 7) is 5.34. The molecule has 2 heterocycles. The maximum atomic E-state index is 12.5. The molecule has 134 valence electrons. The van der Waals surface area contributed by atoms with Crippen LogP contribution in [0.1, 0.15) is 32.5 Å². The van der Waals surface area contributed by atoms with Gasteiger partial charge in [0.25, 0.3) is 5.56 Å². The Bertz CT molecular complexity index is 830. The van der Waals surface area contributed by atoms with Crippen molar-refractivity contribution in [1.29, 1.82) is 0 Å². The second-order valence-electron chi connectivity index (χ2n) is 7.42. The minimum absolute atomic E-state index is 0.136. The Hall–Kier alpha value is -2.41. The van der Waals surface area contributed by atoms with Gasteiger partial charge < -0.3 is 20.3 Å². The van der Waals surface area contributed by atoms with E-state index in [1.165, 1.54) is 0 Å². The molecule has 0 bridgehead atoms. The van der Waals surface area contributed by atoms with Gasteiger partial charge in [0, 0.05) is 13.1 Å². The molecule has 7 heteroatoms. The maximum absolute atomic E-state index is 12.5. The van der Waals surface area contributed by atoms with E-state index in [1.54, 1.807) is 23.1 Å². The van der Waals surface area contributed by atoms with Gasteiger partial charge in [-0.1, -0.05) is 26.0 Å². The summed E-state index contributed by atoms with van der Waals surface area (Å²) < 4.78 is 0. The van der Waals surface area contributed by atoms with Crippen LogP contribution in [-0.4, -0.2) is 45.2 Å². The number of amides is 2. The molecule has 0 unspecified atom stereocenters. The first-order valence-corrected chi connectivity index (χ1v) is 8.53. The Morgan fingerprint density at radius 1 is 1.44 bits per heavy atom. The Morgan fingerprint density at radius 3 is 3.00 bits per heavy atom. The number of likely N-dealkylation sites (tertiary alicyclic amines) is 1. The highest BCUT2D eigenvalue weighted by molar-refractivity contribution is 5.77. The van der Waals surface area contributed by atoms with Crippen LogP contribution in [0, 0.1) is 5.41 Å². The SMILES string of the molecule is CC1(C)C[C@H](O)CCN(C(=O)NCc2nc3ccccc3c(=O)[nH]2)C1. The van der Waals surface area contributed by atoms with Gasteiger partial charge in [0.1, 0.15) is 5.82 Å². The standard InChI is InChI=1S/C18H24N4O3/c1-18(2)9-12(23)7-8-22(11-18)17(25)19-10-15-20-14-6-4-3-5-13(14)16(24)21-15/h3-6,12,23H,7-11H2,1-2H3,(H,19,25)(H,20,21,24)/t12-/m1/s1.